The van der Waals surface area contributed by atoms with Crippen LogP contribution < -0.4 is 0 Å². The van der Waals surface area contributed by atoms with E-state index in [1.54, 1.807) is 11.8 Å². The van der Waals surface area contributed by atoms with Crippen LogP contribution in [0.2, 0.25) is 0 Å². The maximum atomic E-state index is 4.90. The van der Waals surface area contributed by atoms with Crippen molar-refractivity contribution in [3.8, 4) is 28.3 Å². The highest BCUT2D eigenvalue weighted by Gasteiger charge is 2.18. The van der Waals surface area contributed by atoms with Crippen LogP contribution >= 0.6 is 11.8 Å². The molecule has 0 radical (unpaired) electrons. The first-order valence-corrected chi connectivity index (χ1v) is 10.6. The SMILES string of the molecule is CSc1nnc(-c2cc(-c3ccccc3)nc3ccccc23)n1-c1ccccc1. The third kappa shape index (κ3) is 3.19. The number of hydrogen-bond acceptors (Lipinski definition) is 4. The van der Waals surface area contributed by atoms with Crippen LogP contribution in [0.15, 0.2) is 96.2 Å². The van der Waals surface area contributed by atoms with Crippen molar-refractivity contribution >= 4 is 22.7 Å². The highest BCUT2D eigenvalue weighted by Crippen LogP contribution is 2.34. The monoisotopic (exact) mass is 394 g/mol. The van der Waals surface area contributed by atoms with E-state index >= 15 is 0 Å². The summed E-state index contributed by atoms with van der Waals surface area (Å²) in [5, 5.41) is 10.9. The number of pyridine rings is 1. The Morgan fingerprint density at radius 3 is 2.21 bits per heavy atom. The van der Waals surface area contributed by atoms with Crippen LogP contribution in [0.1, 0.15) is 0 Å². The molecule has 4 nitrogen and oxygen atoms in total. The van der Waals surface area contributed by atoms with E-state index in [0.29, 0.717) is 0 Å². The Balaban J connectivity index is 1.81. The summed E-state index contributed by atoms with van der Waals surface area (Å²) in [5.74, 6) is 0.816. The van der Waals surface area contributed by atoms with Gasteiger partial charge in [-0.1, -0.05) is 78.5 Å². The van der Waals surface area contributed by atoms with Crippen molar-refractivity contribution in [2.75, 3.05) is 6.26 Å². The highest BCUT2D eigenvalue weighted by atomic mass is 32.2. The molecule has 3 aromatic carbocycles. The first-order valence-electron chi connectivity index (χ1n) is 9.35. The lowest BCUT2D eigenvalue weighted by Crippen LogP contribution is -2.00. The van der Waals surface area contributed by atoms with E-state index in [0.717, 1.165) is 44.4 Å². The van der Waals surface area contributed by atoms with Crippen molar-refractivity contribution in [3.63, 3.8) is 0 Å². The van der Waals surface area contributed by atoms with E-state index in [2.05, 4.69) is 51.2 Å². The molecule has 0 aliphatic carbocycles. The number of para-hydroxylation sites is 2. The largest absolute Gasteiger partial charge is 0.270 e. The van der Waals surface area contributed by atoms with Crippen LogP contribution in [0, 0.1) is 0 Å². The summed E-state index contributed by atoms with van der Waals surface area (Å²) >= 11 is 1.59. The van der Waals surface area contributed by atoms with E-state index in [4.69, 9.17) is 4.98 Å². The standard InChI is InChI=1S/C24H18N4S/c1-29-24-27-26-23(28(24)18-12-6-3-7-13-18)20-16-22(17-10-4-2-5-11-17)25-21-15-9-8-14-19(20)21/h2-16H,1H3. The molecule has 0 unspecified atom stereocenters. The molecule has 29 heavy (non-hydrogen) atoms. The second kappa shape index (κ2) is 7.53. The molecular formula is C24H18N4S. The van der Waals surface area contributed by atoms with Gasteiger partial charge in [0.25, 0.3) is 0 Å². The molecule has 0 aliphatic rings. The molecule has 0 N–H and O–H groups in total. The smallest absolute Gasteiger partial charge is 0.195 e. The van der Waals surface area contributed by atoms with Gasteiger partial charge < -0.3 is 0 Å². The van der Waals surface area contributed by atoms with Crippen molar-refractivity contribution in [1.29, 1.82) is 0 Å². The minimum Gasteiger partial charge on any atom is -0.270 e. The quantitative estimate of drug-likeness (QED) is 0.358. The lowest BCUT2D eigenvalue weighted by molar-refractivity contribution is 0.889. The number of nitrogens with zero attached hydrogens (tertiary/aromatic N) is 4. The molecule has 5 rings (SSSR count). The molecule has 0 amide bonds. The molecule has 0 fully saturated rings. The van der Waals surface area contributed by atoms with Crippen LogP contribution in [0.3, 0.4) is 0 Å². The molecule has 0 atom stereocenters. The number of thioether (sulfide) groups is 1. The van der Waals surface area contributed by atoms with Gasteiger partial charge in [-0.2, -0.15) is 0 Å². The van der Waals surface area contributed by atoms with Gasteiger partial charge in [-0.05, 0) is 30.5 Å². The molecule has 5 heteroatoms. The molecule has 5 aromatic rings. The second-order valence-corrected chi connectivity index (χ2v) is 7.39. The molecule has 140 valence electrons. The molecule has 0 bridgehead atoms. The van der Waals surface area contributed by atoms with Crippen molar-refractivity contribution in [2.45, 2.75) is 5.16 Å². The number of hydrogen-bond donors (Lipinski definition) is 0. The summed E-state index contributed by atoms with van der Waals surface area (Å²) in [6, 6.07) is 30.8. The van der Waals surface area contributed by atoms with Gasteiger partial charge in [-0.25, -0.2) is 4.98 Å². The van der Waals surface area contributed by atoms with Crippen LogP contribution in [0.5, 0.6) is 0 Å². The fraction of sp³-hybridized carbons (Fsp3) is 0.0417. The summed E-state index contributed by atoms with van der Waals surface area (Å²) in [7, 11) is 0. The Labute approximate surface area is 173 Å². The Hall–Kier alpha value is -3.44. The normalized spacial score (nSPS) is 11.1. The third-order valence-corrected chi connectivity index (χ3v) is 5.49. The number of benzene rings is 3. The zero-order valence-corrected chi connectivity index (χ0v) is 16.7. The molecule has 2 heterocycles. The van der Waals surface area contributed by atoms with Gasteiger partial charge in [0.05, 0.1) is 11.2 Å². The Kier molecular flexibility index (Phi) is 4.58. The average molecular weight is 395 g/mol. The van der Waals surface area contributed by atoms with Crippen molar-refractivity contribution < 1.29 is 0 Å². The zero-order chi connectivity index (χ0) is 19.6. The van der Waals surface area contributed by atoms with Crippen molar-refractivity contribution in [3.05, 3.63) is 91.0 Å². The summed E-state index contributed by atoms with van der Waals surface area (Å²) < 4.78 is 2.11. The summed E-state index contributed by atoms with van der Waals surface area (Å²) in [4.78, 5) is 4.90. The predicted octanol–water partition coefficient (Wildman–Crippen LogP) is 5.87. The molecule has 0 saturated heterocycles. The van der Waals surface area contributed by atoms with Gasteiger partial charge in [0.15, 0.2) is 11.0 Å². The molecule has 0 aliphatic heterocycles. The molecule has 2 aromatic heterocycles. The minimum atomic E-state index is 0.816. The maximum Gasteiger partial charge on any atom is 0.195 e. The van der Waals surface area contributed by atoms with Gasteiger partial charge >= 0.3 is 0 Å². The van der Waals surface area contributed by atoms with Gasteiger partial charge in [-0.15, -0.1) is 10.2 Å². The van der Waals surface area contributed by atoms with E-state index in [9.17, 15) is 0 Å². The van der Waals surface area contributed by atoms with Gasteiger partial charge in [0.1, 0.15) is 0 Å². The van der Waals surface area contributed by atoms with Crippen LogP contribution in [0.4, 0.5) is 0 Å². The zero-order valence-electron chi connectivity index (χ0n) is 15.9. The van der Waals surface area contributed by atoms with E-state index in [1.807, 2.05) is 60.9 Å². The topological polar surface area (TPSA) is 43.6 Å². The van der Waals surface area contributed by atoms with Gasteiger partial charge in [0.2, 0.25) is 0 Å². The number of aromatic nitrogens is 4. The molecule has 0 spiro atoms. The summed E-state index contributed by atoms with van der Waals surface area (Å²) in [6.45, 7) is 0. The Morgan fingerprint density at radius 2 is 1.45 bits per heavy atom. The van der Waals surface area contributed by atoms with Gasteiger partial charge in [-0.3, -0.25) is 4.57 Å². The van der Waals surface area contributed by atoms with Crippen LogP contribution in [-0.4, -0.2) is 26.0 Å². The predicted molar refractivity (Wildman–Crippen MR) is 119 cm³/mol. The lowest BCUT2D eigenvalue weighted by atomic mass is 10.0. The van der Waals surface area contributed by atoms with Gasteiger partial charge in [0, 0.05) is 22.2 Å². The van der Waals surface area contributed by atoms with Crippen molar-refractivity contribution in [2.24, 2.45) is 0 Å². The molecule has 0 saturated carbocycles. The summed E-state index contributed by atoms with van der Waals surface area (Å²) in [5.41, 5.74) is 5.00. The van der Waals surface area contributed by atoms with E-state index < -0.39 is 0 Å². The maximum absolute atomic E-state index is 4.90. The lowest BCUT2D eigenvalue weighted by Gasteiger charge is -2.12. The first kappa shape index (κ1) is 17.6. The fourth-order valence-electron chi connectivity index (χ4n) is 3.50. The average Bonchev–Trinajstić information content (AvgIpc) is 3.23. The van der Waals surface area contributed by atoms with Crippen LogP contribution in [-0.2, 0) is 0 Å². The summed E-state index contributed by atoms with van der Waals surface area (Å²) in [6.07, 6.45) is 2.02. The second-order valence-electron chi connectivity index (χ2n) is 6.62. The minimum absolute atomic E-state index is 0.816. The first-order chi connectivity index (χ1) is 14.3. The number of fused-ring (bicyclic) bond motifs is 1. The Morgan fingerprint density at radius 1 is 0.759 bits per heavy atom. The van der Waals surface area contributed by atoms with E-state index in [-0.39, 0.29) is 0 Å². The van der Waals surface area contributed by atoms with Crippen LogP contribution in [0.25, 0.3) is 39.2 Å². The van der Waals surface area contributed by atoms with E-state index in [1.165, 1.54) is 0 Å². The fourth-order valence-corrected chi connectivity index (χ4v) is 4.00. The number of rotatable bonds is 4. The molecular weight excluding hydrogens is 376 g/mol. The van der Waals surface area contributed by atoms with Crippen molar-refractivity contribution in [1.82, 2.24) is 19.7 Å². The third-order valence-electron chi connectivity index (χ3n) is 4.86. The Bertz CT molecular complexity index is 1280. The highest BCUT2D eigenvalue weighted by molar-refractivity contribution is 7.98.